The van der Waals surface area contributed by atoms with Gasteiger partial charge in [-0.05, 0) is 49.4 Å². The van der Waals surface area contributed by atoms with Crippen LogP contribution in [0.3, 0.4) is 0 Å². The molecule has 31 heavy (non-hydrogen) atoms. The molecule has 4 rings (SSSR count). The number of hydrogen-bond donors (Lipinski definition) is 2. The summed E-state index contributed by atoms with van der Waals surface area (Å²) in [5.74, 6) is 0.777. The highest BCUT2D eigenvalue weighted by Gasteiger charge is 2.21. The van der Waals surface area contributed by atoms with E-state index in [0.29, 0.717) is 12.0 Å². The second-order valence-corrected chi connectivity index (χ2v) is 7.48. The van der Waals surface area contributed by atoms with Crippen LogP contribution in [0.25, 0.3) is 10.9 Å². The first kappa shape index (κ1) is 20.8. The average Bonchev–Trinajstić information content (AvgIpc) is 3.17. The van der Waals surface area contributed by atoms with E-state index in [1.54, 1.807) is 18.2 Å². The lowest BCUT2D eigenvalue weighted by Gasteiger charge is -2.35. The SMILES string of the molecule is O=C(O)Oc1ccc2c(N3CCN(CCCC(=O)c4ccc(F)cc4)CC3)n[nH]c2c1. The first-order valence-corrected chi connectivity index (χ1v) is 10.1. The van der Waals surface area contributed by atoms with Crippen molar-refractivity contribution in [2.24, 2.45) is 0 Å². The predicted molar refractivity (Wildman–Crippen MR) is 113 cm³/mol. The van der Waals surface area contributed by atoms with Crippen molar-refractivity contribution >= 4 is 28.7 Å². The van der Waals surface area contributed by atoms with Gasteiger partial charge >= 0.3 is 6.16 Å². The fourth-order valence-corrected chi connectivity index (χ4v) is 3.82. The summed E-state index contributed by atoms with van der Waals surface area (Å²) in [6.45, 7) is 4.16. The first-order chi connectivity index (χ1) is 15.0. The minimum Gasteiger partial charge on any atom is -0.449 e. The van der Waals surface area contributed by atoms with E-state index in [1.807, 2.05) is 0 Å². The number of Topliss-reactive ketones (excluding diaryl/α,β-unsaturated/α-hetero) is 1. The number of anilines is 1. The third-order valence-electron chi connectivity index (χ3n) is 5.44. The molecule has 0 unspecified atom stereocenters. The summed E-state index contributed by atoms with van der Waals surface area (Å²) in [4.78, 5) is 27.4. The molecule has 1 aliphatic rings. The van der Waals surface area contributed by atoms with E-state index in [-0.39, 0.29) is 17.3 Å². The second kappa shape index (κ2) is 9.13. The molecule has 1 aromatic heterocycles. The number of ketones is 1. The second-order valence-electron chi connectivity index (χ2n) is 7.48. The lowest BCUT2D eigenvalue weighted by molar-refractivity contribution is 0.0974. The van der Waals surface area contributed by atoms with Gasteiger partial charge in [0.05, 0.1) is 5.52 Å². The molecule has 2 aromatic carbocycles. The smallest absolute Gasteiger partial charge is 0.449 e. The molecule has 0 spiro atoms. The van der Waals surface area contributed by atoms with Crippen molar-refractivity contribution in [1.29, 1.82) is 0 Å². The molecule has 0 amide bonds. The molecule has 0 bridgehead atoms. The number of fused-ring (bicyclic) bond motifs is 1. The molecular formula is C22H23FN4O4. The quantitative estimate of drug-likeness (QED) is 0.339. The monoisotopic (exact) mass is 426 g/mol. The van der Waals surface area contributed by atoms with Gasteiger partial charge in [0.25, 0.3) is 0 Å². The minimum absolute atomic E-state index is 0.0351. The molecule has 9 heteroatoms. The highest BCUT2D eigenvalue weighted by Crippen LogP contribution is 2.28. The normalized spacial score (nSPS) is 14.7. The van der Waals surface area contributed by atoms with E-state index >= 15 is 0 Å². The van der Waals surface area contributed by atoms with E-state index < -0.39 is 6.16 Å². The van der Waals surface area contributed by atoms with Crippen molar-refractivity contribution in [3.63, 3.8) is 0 Å². The first-order valence-electron chi connectivity index (χ1n) is 10.1. The highest BCUT2D eigenvalue weighted by atomic mass is 19.1. The summed E-state index contributed by atoms with van der Waals surface area (Å²) in [6, 6.07) is 10.7. The van der Waals surface area contributed by atoms with Crippen molar-refractivity contribution in [2.75, 3.05) is 37.6 Å². The van der Waals surface area contributed by atoms with Crippen LogP contribution >= 0.6 is 0 Å². The number of halogens is 1. The number of aromatic amines is 1. The third kappa shape index (κ3) is 5.00. The molecule has 0 radical (unpaired) electrons. The van der Waals surface area contributed by atoms with E-state index in [4.69, 9.17) is 5.11 Å². The van der Waals surface area contributed by atoms with Crippen LogP contribution in [0.4, 0.5) is 15.0 Å². The molecular weight excluding hydrogens is 403 g/mol. The van der Waals surface area contributed by atoms with Crippen molar-refractivity contribution < 1.29 is 23.8 Å². The third-order valence-corrected chi connectivity index (χ3v) is 5.44. The Morgan fingerprint density at radius 2 is 1.84 bits per heavy atom. The Balaban J connectivity index is 1.27. The Kier molecular flexibility index (Phi) is 6.13. The number of carbonyl (C=O) groups is 2. The average molecular weight is 426 g/mol. The maximum atomic E-state index is 13.0. The summed E-state index contributed by atoms with van der Waals surface area (Å²) in [5, 5.41) is 17.0. The van der Waals surface area contributed by atoms with Crippen molar-refractivity contribution in [3.8, 4) is 5.75 Å². The number of nitrogens with one attached hydrogen (secondary N) is 1. The minimum atomic E-state index is -1.35. The largest absolute Gasteiger partial charge is 0.511 e. The highest BCUT2D eigenvalue weighted by molar-refractivity contribution is 5.96. The van der Waals surface area contributed by atoms with Crippen LogP contribution in [0, 0.1) is 5.82 Å². The Hall–Kier alpha value is -3.46. The Morgan fingerprint density at radius 3 is 2.55 bits per heavy atom. The lowest BCUT2D eigenvalue weighted by atomic mass is 10.1. The molecule has 0 aliphatic carbocycles. The maximum Gasteiger partial charge on any atom is 0.511 e. The fraction of sp³-hybridized carbons (Fsp3) is 0.318. The summed E-state index contributed by atoms with van der Waals surface area (Å²) < 4.78 is 17.7. The number of H-pyrrole nitrogens is 1. The number of piperazine rings is 1. The molecule has 2 N–H and O–H groups in total. The Bertz CT molecular complexity index is 1070. The van der Waals surface area contributed by atoms with Crippen molar-refractivity contribution in [2.45, 2.75) is 12.8 Å². The summed E-state index contributed by atoms with van der Waals surface area (Å²) in [5.41, 5.74) is 1.27. The lowest BCUT2D eigenvalue weighted by Crippen LogP contribution is -2.46. The van der Waals surface area contributed by atoms with E-state index in [1.165, 1.54) is 24.3 Å². The molecule has 0 atom stereocenters. The summed E-state index contributed by atoms with van der Waals surface area (Å²) in [6.07, 6.45) is -0.153. The fourth-order valence-electron chi connectivity index (χ4n) is 3.82. The summed E-state index contributed by atoms with van der Waals surface area (Å²) >= 11 is 0. The molecule has 0 saturated carbocycles. The van der Waals surface area contributed by atoms with Crippen LogP contribution in [0.2, 0.25) is 0 Å². The number of ether oxygens (including phenoxy) is 1. The van der Waals surface area contributed by atoms with Gasteiger partial charge in [-0.3, -0.25) is 14.8 Å². The van der Waals surface area contributed by atoms with Gasteiger partial charge in [0.15, 0.2) is 11.6 Å². The molecule has 162 valence electrons. The van der Waals surface area contributed by atoms with Gasteiger partial charge in [-0.25, -0.2) is 9.18 Å². The van der Waals surface area contributed by atoms with Crippen LogP contribution in [-0.4, -0.2) is 64.9 Å². The van der Waals surface area contributed by atoms with E-state index in [2.05, 4.69) is 24.7 Å². The van der Waals surface area contributed by atoms with Crippen LogP contribution in [0.5, 0.6) is 5.75 Å². The van der Waals surface area contributed by atoms with Gasteiger partial charge in [-0.1, -0.05) is 0 Å². The zero-order chi connectivity index (χ0) is 21.8. The van der Waals surface area contributed by atoms with Crippen molar-refractivity contribution in [3.05, 3.63) is 53.8 Å². The number of rotatable bonds is 7. The Labute approximate surface area is 178 Å². The number of nitrogens with zero attached hydrogens (tertiary/aromatic N) is 3. The number of aromatic nitrogens is 2. The number of benzene rings is 2. The topological polar surface area (TPSA) is 98.8 Å². The van der Waals surface area contributed by atoms with Gasteiger partial charge in [-0.15, -0.1) is 0 Å². The number of hydrogen-bond acceptors (Lipinski definition) is 6. The number of carboxylic acid groups (broad SMARTS) is 1. The summed E-state index contributed by atoms with van der Waals surface area (Å²) in [7, 11) is 0. The van der Waals surface area contributed by atoms with Crippen LogP contribution in [0.1, 0.15) is 23.2 Å². The molecule has 2 heterocycles. The van der Waals surface area contributed by atoms with Gasteiger partial charge in [0.2, 0.25) is 0 Å². The molecule has 8 nitrogen and oxygen atoms in total. The standard InChI is InChI=1S/C22H23FN4O4/c23-16-5-3-15(4-6-16)20(28)2-1-9-26-10-12-27(13-11-26)21-18-8-7-17(31-22(29)30)14-19(18)24-25-21/h3-8,14H,1-2,9-13H2,(H,24,25)(H,29,30). The van der Waals surface area contributed by atoms with Gasteiger partial charge < -0.3 is 14.7 Å². The maximum absolute atomic E-state index is 13.0. The zero-order valence-corrected chi connectivity index (χ0v) is 16.9. The molecule has 3 aromatic rings. The molecule has 1 saturated heterocycles. The van der Waals surface area contributed by atoms with Crippen LogP contribution in [-0.2, 0) is 0 Å². The predicted octanol–water partition coefficient (Wildman–Crippen LogP) is 3.54. The number of carbonyl (C=O) groups excluding carboxylic acids is 1. The van der Waals surface area contributed by atoms with Crippen molar-refractivity contribution in [1.82, 2.24) is 15.1 Å². The molecule has 1 aliphatic heterocycles. The van der Waals surface area contributed by atoms with E-state index in [0.717, 1.165) is 55.9 Å². The van der Waals surface area contributed by atoms with Gasteiger partial charge in [0, 0.05) is 49.6 Å². The van der Waals surface area contributed by atoms with Crippen LogP contribution in [0.15, 0.2) is 42.5 Å². The Morgan fingerprint density at radius 1 is 1.10 bits per heavy atom. The van der Waals surface area contributed by atoms with Gasteiger partial charge in [-0.2, -0.15) is 5.10 Å². The van der Waals surface area contributed by atoms with E-state index in [9.17, 15) is 14.0 Å². The van der Waals surface area contributed by atoms with Gasteiger partial charge in [0.1, 0.15) is 11.6 Å². The van der Waals surface area contributed by atoms with Crippen LogP contribution < -0.4 is 9.64 Å². The molecule has 1 fully saturated rings. The zero-order valence-electron chi connectivity index (χ0n) is 16.9.